The molecule has 2 aromatic rings. The van der Waals surface area contributed by atoms with Crippen molar-refractivity contribution in [1.82, 2.24) is 10.3 Å². The molecule has 1 N–H and O–H groups in total. The lowest BCUT2D eigenvalue weighted by molar-refractivity contribution is 0.0931. The van der Waals surface area contributed by atoms with Gasteiger partial charge in [0.25, 0.3) is 5.91 Å². The topological polar surface area (TPSA) is 63.7 Å². The van der Waals surface area contributed by atoms with Gasteiger partial charge in [-0.05, 0) is 37.1 Å². The first-order chi connectivity index (χ1) is 12.3. The molecule has 0 unspecified atom stereocenters. The standard InChI is InChI=1S/C18H23N3O3S/c1-23-11-12-24-16-4-2-14(3-5-16)17(22)20-15-6-9-21(10-7-15)18-19-8-13-25-18/h2-5,8,13,15H,6-7,9-12H2,1H3,(H,20,22). The van der Waals surface area contributed by atoms with Gasteiger partial charge in [-0.3, -0.25) is 4.79 Å². The van der Waals surface area contributed by atoms with Gasteiger partial charge in [0, 0.05) is 43.4 Å². The molecule has 6 nitrogen and oxygen atoms in total. The third kappa shape index (κ3) is 4.93. The molecule has 1 aliphatic heterocycles. The van der Waals surface area contributed by atoms with Crippen LogP contribution in [0.3, 0.4) is 0 Å². The maximum absolute atomic E-state index is 12.4. The zero-order chi connectivity index (χ0) is 17.5. The molecule has 0 aliphatic carbocycles. The fourth-order valence-electron chi connectivity index (χ4n) is 2.80. The lowest BCUT2D eigenvalue weighted by Gasteiger charge is -2.32. The Bertz CT molecular complexity index is 653. The van der Waals surface area contributed by atoms with E-state index in [1.165, 1.54) is 0 Å². The quantitative estimate of drug-likeness (QED) is 0.768. The van der Waals surface area contributed by atoms with Gasteiger partial charge in [-0.25, -0.2) is 4.98 Å². The van der Waals surface area contributed by atoms with Crippen molar-refractivity contribution in [2.45, 2.75) is 18.9 Å². The third-order valence-corrected chi connectivity index (χ3v) is 5.02. The molecule has 1 aromatic carbocycles. The van der Waals surface area contributed by atoms with Crippen molar-refractivity contribution in [3.05, 3.63) is 41.4 Å². The van der Waals surface area contributed by atoms with Gasteiger partial charge >= 0.3 is 0 Å². The van der Waals surface area contributed by atoms with Crippen molar-refractivity contribution in [3.63, 3.8) is 0 Å². The molecule has 134 valence electrons. The van der Waals surface area contributed by atoms with Gasteiger partial charge in [0.05, 0.1) is 6.61 Å². The molecule has 3 rings (SSSR count). The van der Waals surface area contributed by atoms with E-state index in [0.29, 0.717) is 18.8 Å². The van der Waals surface area contributed by atoms with Gasteiger partial charge in [-0.15, -0.1) is 11.3 Å². The Labute approximate surface area is 151 Å². The predicted molar refractivity (Wildman–Crippen MR) is 98.6 cm³/mol. The first-order valence-electron chi connectivity index (χ1n) is 8.43. The Balaban J connectivity index is 1.46. The number of piperidine rings is 1. The first-order valence-corrected chi connectivity index (χ1v) is 9.31. The highest BCUT2D eigenvalue weighted by atomic mass is 32.1. The highest BCUT2D eigenvalue weighted by Crippen LogP contribution is 2.22. The lowest BCUT2D eigenvalue weighted by Crippen LogP contribution is -2.44. The number of hydrogen-bond donors (Lipinski definition) is 1. The third-order valence-electron chi connectivity index (χ3n) is 4.19. The van der Waals surface area contributed by atoms with Crippen molar-refractivity contribution in [3.8, 4) is 5.75 Å². The number of nitrogens with one attached hydrogen (secondary N) is 1. The minimum absolute atomic E-state index is 0.0314. The van der Waals surface area contributed by atoms with E-state index < -0.39 is 0 Å². The Morgan fingerprint density at radius 3 is 2.68 bits per heavy atom. The minimum atomic E-state index is -0.0314. The summed E-state index contributed by atoms with van der Waals surface area (Å²) in [5, 5.41) is 6.18. The molecular formula is C18H23N3O3S. The number of aromatic nitrogens is 1. The predicted octanol–water partition coefficient (Wildman–Crippen LogP) is 2.57. The maximum Gasteiger partial charge on any atom is 0.251 e. The van der Waals surface area contributed by atoms with Crippen LogP contribution in [-0.2, 0) is 4.74 Å². The largest absolute Gasteiger partial charge is 0.491 e. The number of anilines is 1. The van der Waals surface area contributed by atoms with E-state index in [2.05, 4.69) is 15.2 Å². The number of thiazole rings is 1. The SMILES string of the molecule is COCCOc1ccc(C(=O)NC2CCN(c3nccs3)CC2)cc1. The van der Waals surface area contributed by atoms with Crippen LogP contribution in [0, 0.1) is 0 Å². The number of hydrogen-bond acceptors (Lipinski definition) is 6. The monoisotopic (exact) mass is 361 g/mol. The summed E-state index contributed by atoms with van der Waals surface area (Å²) >= 11 is 1.66. The zero-order valence-electron chi connectivity index (χ0n) is 14.3. The molecule has 0 radical (unpaired) electrons. The molecule has 0 bridgehead atoms. The fourth-order valence-corrected chi connectivity index (χ4v) is 3.50. The van der Waals surface area contributed by atoms with Gasteiger partial charge in [-0.1, -0.05) is 0 Å². The van der Waals surface area contributed by atoms with E-state index in [1.54, 1.807) is 30.6 Å². The highest BCUT2D eigenvalue weighted by Gasteiger charge is 2.22. The summed E-state index contributed by atoms with van der Waals surface area (Å²) in [6.45, 7) is 2.89. The van der Waals surface area contributed by atoms with E-state index in [1.807, 2.05) is 23.7 Å². The molecule has 2 heterocycles. The van der Waals surface area contributed by atoms with E-state index in [-0.39, 0.29) is 11.9 Å². The number of carbonyl (C=O) groups is 1. The minimum Gasteiger partial charge on any atom is -0.491 e. The van der Waals surface area contributed by atoms with Crippen LogP contribution in [0.15, 0.2) is 35.8 Å². The van der Waals surface area contributed by atoms with Crippen LogP contribution >= 0.6 is 11.3 Å². The van der Waals surface area contributed by atoms with Gasteiger partial charge in [0.2, 0.25) is 0 Å². The molecular weight excluding hydrogens is 338 g/mol. The van der Waals surface area contributed by atoms with Crippen LogP contribution < -0.4 is 15.0 Å². The molecule has 7 heteroatoms. The maximum atomic E-state index is 12.4. The molecule has 1 aromatic heterocycles. The summed E-state index contributed by atoms with van der Waals surface area (Å²) in [6, 6.07) is 7.43. The zero-order valence-corrected chi connectivity index (χ0v) is 15.1. The van der Waals surface area contributed by atoms with Crippen LogP contribution in [0.2, 0.25) is 0 Å². The van der Waals surface area contributed by atoms with Crippen LogP contribution in [-0.4, -0.2) is 50.3 Å². The second-order valence-corrected chi connectivity index (χ2v) is 6.79. The number of rotatable bonds is 7. The summed E-state index contributed by atoms with van der Waals surface area (Å²) in [7, 11) is 1.64. The average Bonchev–Trinajstić information content (AvgIpc) is 3.18. The number of amides is 1. The number of benzene rings is 1. The summed E-state index contributed by atoms with van der Waals surface area (Å²) < 4.78 is 10.5. The first kappa shape index (κ1) is 17.7. The van der Waals surface area contributed by atoms with Crippen molar-refractivity contribution in [2.24, 2.45) is 0 Å². The number of carbonyl (C=O) groups excluding carboxylic acids is 1. The van der Waals surface area contributed by atoms with Gasteiger partial charge in [-0.2, -0.15) is 0 Å². The normalized spacial score (nSPS) is 15.2. The summed E-state index contributed by atoms with van der Waals surface area (Å²) in [5.74, 6) is 0.710. The molecule has 0 atom stereocenters. The van der Waals surface area contributed by atoms with E-state index in [0.717, 1.165) is 36.8 Å². The molecule has 0 spiro atoms. The summed E-state index contributed by atoms with van der Waals surface area (Å²) in [4.78, 5) is 19.0. The highest BCUT2D eigenvalue weighted by molar-refractivity contribution is 7.13. The number of methoxy groups -OCH3 is 1. The molecule has 1 amide bonds. The molecule has 1 saturated heterocycles. The molecule has 1 aliphatic rings. The summed E-state index contributed by atoms with van der Waals surface area (Å²) in [6.07, 6.45) is 3.70. The number of ether oxygens (including phenoxy) is 2. The van der Waals surface area contributed by atoms with Crippen LogP contribution in [0.5, 0.6) is 5.75 Å². The smallest absolute Gasteiger partial charge is 0.251 e. The Morgan fingerprint density at radius 1 is 1.28 bits per heavy atom. The van der Waals surface area contributed by atoms with Crippen molar-refractivity contribution in [1.29, 1.82) is 0 Å². The Kier molecular flexibility index (Phi) is 6.25. The number of nitrogens with zero attached hydrogens (tertiary/aromatic N) is 2. The Hall–Kier alpha value is -2.12. The molecule has 1 fully saturated rings. The Morgan fingerprint density at radius 2 is 2.04 bits per heavy atom. The lowest BCUT2D eigenvalue weighted by atomic mass is 10.0. The van der Waals surface area contributed by atoms with Crippen LogP contribution in [0.25, 0.3) is 0 Å². The van der Waals surface area contributed by atoms with Crippen molar-refractivity contribution in [2.75, 3.05) is 38.3 Å². The van der Waals surface area contributed by atoms with Gasteiger partial charge in [0.15, 0.2) is 5.13 Å². The van der Waals surface area contributed by atoms with Crippen LogP contribution in [0.1, 0.15) is 23.2 Å². The van der Waals surface area contributed by atoms with Crippen molar-refractivity contribution >= 4 is 22.4 Å². The van der Waals surface area contributed by atoms with E-state index >= 15 is 0 Å². The second kappa shape index (κ2) is 8.82. The van der Waals surface area contributed by atoms with Gasteiger partial charge < -0.3 is 19.7 Å². The molecule has 0 saturated carbocycles. The average molecular weight is 361 g/mol. The van der Waals surface area contributed by atoms with E-state index in [9.17, 15) is 4.79 Å². The van der Waals surface area contributed by atoms with Crippen LogP contribution in [0.4, 0.5) is 5.13 Å². The second-order valence-electron chi connectivity index (χ2n) is 5.92. The van der Waals surface area contributed by atoms with Crippen molar-refractivity contribution < 1.29 is 14.3 Å². The van der Waals surface area contributed by atoms with Gasteiger partial charge in [0.1, 0.15) is 12.4 Å². The van der Waals surface area contributed by atoms with E-state index in [4.69, 9.17) is 9.47 Å². The fraction of sp³-hybridized carbons (Fsp3) is 0.444. The summed E-state index contributed by atoms with van der Waals surface area (Å²) in [5.41, 5.74) is 0.654. The molecule has 25 heavy (non-hydrogen) atoms.